The monoisotopic (exact) mass is 517 g/mol. The molecule has 156 valence electrons. The molecule has 29 heavy (non-hydrogen) atoms. The summed E-state index contributed by atoms with van der Waals surface area (Å²) in [4.78, 5) is 18.0. The van der Waals surface area contributed by atoms with Crippen LogP contribution in [0.15, 0.2) is 39.7 Å². The van der Waals surface area contributed by atoms with Crippen molar-refractivity contribution in [2.24, 2.45) is 7.05 Å². The fraction of sp³-hybridized carbons (Fsp3) is 0.316. The molecule has 0 saturated heterocycles. The van der Waals surface area contributed by atoms with Crippen molar-refractivity contribution in [3.63, 3.8) is 0 Å². The summed E-state index contributed by atoms with van der Waals surface area (Å²) in [5, 5.41) is 23.2. The van der Waals surface area contributed by atoms with Gasteiger partial charge in [0.05, 0.1) is 29.5 Å². The summed E-state index contributed by atoms with van der Waals surface area (Å²) in [6.07, 6.45) is -0.119. The number of nitrogens with one attached hydrogen (secondary N) is 2. The summed E-state index contributed by atoms with van der Waals surface area (Å²) in [6, 6.07) is 6.06. The highest BCUT2D eigenvalue weighted by atomic mass is 127. The number of benzene rings is 1. The molecule has 2 aromatic heterocycles. The number of aliphatic hydroxyl groups is 2. The predicted octanol–water partition coefficient (Wildman–Crippen LogP) is 2.90. The molecular formula is C19H21FIN3O5. The van der Waals surface area contributed by atoms with Gasteiger partial charge in [0.25, 0.3) is 5.56 Å². The van der Waals surface area contributed by atoms with Gasteiger partial charge < -0.3 is 19.9 Å². The van der Waals surface area contributed by atoms with Gasteiger partial charge >= 0.3 is 0 Å². The van der Waals surface area contributed by atoms with E-state index < -0.39 is 17.6 Å². The Bertz CT molecular complexity index is 1100. The van der Waals surface area contributed by atoms with Gasteiger partial charge in [-0.15, -0.1) is 0 Å². The summed E-state index contributed by atoms with van der Waals surface area (Å²) in [7, 11) is 1.50. The van der Waals surface area contributed by atoms with Gasteiger partial charge in [0, 0.05) is 10.6 Å². The van der Waals surface area contributed by atoms with Crippen molar-refractivity contribution in [3.05, 3.63) is 55.8 Å². The van der Waals surface area contributed by atoms with Gasteiger partial charge in [-0.05, 0) is 60.7 Å². The topological polar surface area (TPSA) is 109 Å². The molecule has 10 heteroatoms. The van der Waals surface area contributed by atoms with Gasteiger partial charge in [0.1, 0.15) is 22.8 Å². The first-order chi connectivity index (χ1) is 13.6. The summed E-state index contributed by atoms with van der Waals surface area (Å²) in [5.41, 5.74) is 1.51. The highest BCUT2D eigenvalue weighted by Crippen LogP contribution is 2.32. The quantitative estimate of drug-likeness (QED) is 0.217. The molecule has 0 amide bonds. The fourth-order valence-electron chi connectivity index (χ4n) is 2.69. The Hall–Kier alpha value is -1.99. The molecule has 0 aliphatic carbocycles. The SMILES string of the molecule is Cn1c(Nc2ccc(I)cc2F)c(C(O)NOC(C)(C)CO)c2occc2c1=O. The normalized spacial score (nSPS) is 13.1. The Labute approximate surface area is 179 Å². The Morgan fingerprint density at radius 2 is 2.10 bits per heavy atom. The lowest BCUT2D eigenvalue weighted by atomic mass is 10.1. The van der Waals surface area contributed by atoms with E-state index in [4.69, 9.17) is 9.25 Å². The first-order valence-corrected chi connectivity index (χ1v) is 9.77. The molecule has 0 spiro atoms. The van der Waals surface area contributed by atoms with Crippen molar-refractivity contribution in [1.82, 2.24) is 10.0 Å². The number of hydroxylamine groups is 1. The molecule has 1 unspecified atom stereocenters. The number of pyridine rings is 1. The third-order valence-corrected chi connectivity index (χ3v) is 4.99. The fourth-order valence-corrected chi connectivity index (χ4v) is 3.14. The standard InChI is InChI=1S/C19H21FIN3O5/c1-19(2,9-25)29-23-17(26)14-15-11(6-7-28-15)18(27)24(3)16(14)22-13-5-4-10(21)8-12(13)20/h4-8,17,22-23,25-26H,9H2,1-3H3. The van der Waals surface area contributed by atoms with Gasteiger partial charge in [-0.2, -0.15) is 5.48 Å². The van der Waals surface area contributed by atoms with Crippen molar-refractivity contribution in [2.45, 2.75) is 25.7 Å². The van der Waals surface area contributed by atoms with Crippen molar-refractivity contribution >= 4 is 45.1 Å². The minimum atomic E-state index is -1.45. The lowest BCUT2D eigenvalue weighted by molar-refractivity contribution is -0.155. The van der Waals surface area contributed by atoms with E-state index in [-0.39, 0.29) is 40.2 Å². The maximum Gasteiger partial charge on any atom is 0.263 e. The van der Waals surface area contributed by atoms with Crippen LogP contribution in [0.25, 0.3) is 11.0 Å². The Kier molecular flexibility index (Phi) is 6.29. The molecule has 0 saturated carbocycles. The van der Waals surface area contributed by atoms with Gasteiger partial charge in [-0.25, -0.2) is 4.39 Å². The summed E-state index contributed by atoms with van der Waals surface area (Å²) in [5.74, 6) is -0.391. The van der Waals surface area contributed by atoms with E-state index in [2.05, 4.69) is 10.8 Å². The van der Waals surface area contributed by atoms with Crippen LogP contribution in [0.2, 0.25) is 0 Å². The molecule has 0 aliphatic rings. The molecule has 1 atom stereocenters. The number of nitrogens with zero attached hydrogens (tertiary/aromatic N) is 1. The smallest absolute Gasteiger partial charge is 0.263 e. The van der Waals surface area contributed by atoms with Gasteiger partial charge in [-0.1, -0.05) is 0 Å². The number of anilines is 2. The highest BCUT2D eigenvalue weighted by molar-refractivity contribution is 14.1. The van der Waals surface area contributed by atoms with E-state index in [1.165, 1.54) is 36.1 Å². The summed E-state index contributed by atoms with van der Waals surface area (Å²) < 4.78 is 21.8. The van der Waals surface area contributed by atoms with Crippen LogP contribution in [0.3, 0.4) is 0 Å². The third kappa shape index (κ3) is 4.46. The first-order valence-electron chi connectivity index (χ1n) is 8.69. The second kappa shape index (κ2) is 8.40. The minimum Gasteiger partial charge on any atom is -0.464 e. The Morgan fingerprint density at radius 3 is 2.76 bits per heavy atom. The molecule has 8 nitrogen and oxygen atoms in total. The van der Waals surface area contributed by atoms with Crippen LogP contribution in [-0.2, 0) is 11.9 Å². The molecule has 0 aliphatic heterocycles. The van der Waals surface area contributed by atoms with Crippen LogP contribution in [-0.4, -0.2) is 27.0 Å². The number of furan rings is 1. The van der Waals surface area contributed by atoms with E-state index in [0.717, 1.165) is 0 Å². The largest absolute Gasteiger partial charge is 0.464 e. The number of fused-ring (bicyclic) bond motifs is 1. The average molecular weight is 517 g/mol. The van der Waals surface area contributed by atoms with Gasteiger partial charge in [-0.3, -0.25) is 14.2 Å². The zero-order valence-corrected chi connectivity index (χ0v) is 18.2. The van der Waals surface area contributed by atoms with Crippen LogP contribution in [0, 0.1) is 9.39 Å². The zero-order valence-electron chi connectivity index (χ0n) is 16.0. The number of aliphatic hydroxyl groups excluding tert-OH is 2. The molecule has 0 radical (unpaired) electrons. The number of hydrogen-bond donors (Lipinski definition) is 4. The van der Waals surface area contributed by atoms with E-state index in [1.807, 2.05) is 22.6 Å². The summed E-state index contributed by atoms with van der Waals surface area (Å²) in [6.45, 7) is 2.95. The van der Waals surface area contributed by atoms with Gasteiger partial charge in [0.2, 0.25) is 0 Å². The van der Waals surface area contributed by atoms with Crippen LogP contribution in [0.5, 0.6) is 0 Å². The molecule has 0 bridgehead atoms. The zero-order chi connectivity index (χ0) is 21.3. The maximum atomic E-state index is 14.4. The average Bonchev–Trinajstić information content (AvgIpc) is 3.15. The van der Waals surface area contributed by atoms with E-state index in [1.54, 1.807) is 19.9 Å². The second-order valence-electron chi connectivity index (χ2n) is 7.08. The van der Waals surface area contributed by atoms with Crippen LogP contribution in [0.1, 0.15) is 25.6 Å². The van der Waals surface area contributed by atoms with Crippen molar-refractivity contribution in [3.8, 4) is 0 Å². The predicted molar refractivity (Wildman–Crippen MR) is 114 cm³/mol. The Balaban J connectivity index is 2.11. The molecule has 4 N–H and O–H groups in total. The number of rotatable bonds is 7. The first kappa shape index (κ1) is 21.7. The molecule has 1 aromatic carbocycles. The number of halogens is 2. The maximum absolute atomic E-state index is 14.4. The molecular weight excluding hydrogens is 496 g/mol. The Morgan fingerprint density at radius 1 is 1.38 bits per heavy atom. The minimum absolute atomic E-state index is 0.122. The second-order valence-corrected chi connectivity index (χ2v) is 8.32. The molecule has 0 fully saturated rings. The van der Waals surface area contributed by atoms with Crippen molar-refractivity contribution in [2.75, 3.05) is 11.9 Å². The lowest BCUT2D eigenvalue weighted by Gasteiger charge is -2.26. The molecule has 3 aromatic rings. The van der Waals surface area contributed by atoms with Crippen LogP contribution in [0.4, 0.5) is 15.9 Å². The number of aromatic nitrogens is 1. The molecule has 2 heterocycles. The summed E-state index contributed by atoms with van der Waals surface area (Å²) >= 11 is 1.99. The van der Waals surface area contributed by atoms with E-state index in [9.17, 15) is 19.4 Å². The van der Waals surface area contributed by atoms with Crippen molar-refractivity contribution in [1.29, 1.82) is 0 Å². The third-order valence-electron chi connectivity index (χ3n) is 4.32. The van der Waals surface area contributed by atoms with Crippen molar-refractivity contribution < 1.29 is 23.9 Å². The van der Waals surface area contributed by atoms with E-state index in [0.29, 0.717) is 3.57 Å². The van der Waals surface area contributed by atoms with Crippen LogP contribution < -0.4 is 16.4 Å². The lowest BCUT2D eigenvalue weighted by Crippen LogP contribution is -2.38. The van der Waals surface area contributed by atoms with Crippen LogP contribution >= 0.6 is 22.6 Å². The van der Waals surface area contributed by atoms with Gasteiger partial charge in [0.15, 0.2) is 6.23 Å². The highest BCUT2D eigenvalue weighted by Gasteiger charge is 2.26. The van der Waals surface area contributed by atoms with E-state index >= 15 is 0 Å². The molecule has 3 rings (SSSR count). The number of hydrogen-bond acceptors (Lipinski definition) is 7.